The maximum atomic E-state index is 14.5. The quantitative estimate of drug-likeness (QED) is 0.790. The average molecular weight is 350 g/mol. The smallest absolute Gasteiger partial charge is 0.398 e. The van der Waals surface area contributed by atoms with Crippen LogP contribution in [0.5, 0.6) is 0 Å². The van der Waals surface area contributed by atoms with Crippen LogP contribution in [0.1, 0.15) is 33.4 Å². The zero-order valence-electron chi connectivity index (χ0n) is 14.0. The molecule has 1 aromatic carbocycles. The summed E-state index contributed by atoms with van der Waals surface area (Å²) in [6.45, 7) is 7.48. The fourth-order valence-electron chi connectivity index (χ4n) is 2.25. The number of hydrogen-bond donors (Lipinski definition) is 0. The van der Waals surface area contributed by atoms with E-state index in [1.165, 1.54) is 10.8 Å². The van der Waals surface area contributed by atoms with E-state index in [1.807, 2.05) is 33.8 Å². The second-order valence-electron chi connectivity index (χ2n) is 6.69. The van der Waals surface area contributed by atoms with Crippen LogP contribution in [-0.2, 0) is 9.31 Å². The van der Waals surface area contributed by atoms with E-state index in [4.69, 9.17) is 20.9 Å². The van der Waals surface area contributed by atoms with E-state index in [0.29, 0.717) is 10.7 Å². The minimum absolute atomic E-state index is 0.363. The summed E-state index contributed by atoms with van der Waals surface area (Å²) in [6, 6.07) is 7.15. The molecular weight excluding hydrogens is 331 g/mol. The molecule has 0 radical (unpaired) electrons. The maximum absolute atomic E-state index is 14.5. The van der Waals surface area contributed by atoms with E-state index in [0.717, 1.165) is 5.69 Å². The van der Waals surface area contributed by atoms with Gasteiger partial charge in [0.25, 0.3) is 0 Å². The number of halogens is 2. The van der Waals surface area contributed by atoms with Crippen LogP contribution in [0.25, 0.3) is 11.8 Å². The van der Waals surface area contributed by atoms with Crippen molar-refractivity contribution in [2.24, 2.45) is 0 Å². The van der Waals surface area contributed by atoms with Crippen molar-refractivity contribution in [3.63, 3.8) is 0 Å². The molecule has 0 amide bonds. The Bertz CT molecular complexity index is 775. The number of benzene rings is 1. The van der Waals surface area contributed by atoms with Gasteiger partial charge in [-0.25, -0.2) is 9.07 Å². The molecule has 5 nitrogen and oxygen atoms in total. The van der Waals surface area contributed by atoms with Gasteiger partial charge in [-0.15, -0.1) is 5.10 Å². The van der Waals surface area contributed by atoms with Gasteiger partial charge in [-0.2, -0.15) is 0 Å². The van der Waals surface area contributed by atoms with Crippen LogP contribution in [-0.4, -0.2) is 33.3 Å². The van der Waals surface area contributed by atoms with Crippen molar-refractivity contribution in [1.29, 1.82) is 0 Å². The number of nitrogens with zero attached hydrogens (tertiary/aromatic N) is 3. The molecule has 0 bridgehead atoms. The third-order valence-electron chi connectivity index (χ3n) is 4.35. The van der Waals surface area contributed by atoms with Crippen LogP contribution in [0.3, 0.4) is 0 Å². The summed E-state index contributed by atoms with van der Waals surface area (Å²) in [5, 5.41) is 8.51. The van der Waals surface area contributed by atoms with Gasteiger partial charge >= 0.3 is 7.12 Å². The van der Waals surface area contributed by atoms with Gasteiger partial charge in [0.05, 0.1) is 23.1 Å². The first-order valence-corrected chi connectivity index (χ1v) is 7.97. The van der Waals surface area contributed by atoms with Gasteiger partial charge in [0.15, 0.2) is 0 Å². The summed E-state index contributed by atoms with van der Waals surface area (Å²) in [5.41, 5.74) is -0.637. The average Bonchev–Trinajstić information content (AvgIpc) is 3.02. The molecule has 0 N–H and O–H groups in total. The Hall–Kier alpha value is -1.70. The molecule has 1 fully saturated rings. The summed E-state index contributed by atoms with van der Waals surface area (Å²) in [6.07, 6.45) is 2.87. The molecule has 24 heavy (non-hydrogen) atoms. The molecule has 0 atom stereocenters. The van der Waals surface area contributed by atoms with Gasteiger partial charge in [-0.05, 0) is 52.0 Å². The highest BCUT2D eigenvalue weighted by molar-refractivity contribution is 6.54. The topological polar surface area (TPSA) is 49.2 Å². The Balaban J connectivity index is 1.80. The van der Waals surface area contributed by atoms with Gasteiger partial charge in [0.1, 0.15) is 11.4 Å². The van der Waals surface area contributed by atoms with Crippen LogP contribution in [0, 0.1) is 0 Å². The molecule has 0 spiro atoms. The van der Waals surface area contributed by atoms with E-state index in [2.05, 4.69) is 10.3 Å². The molecule has 2 aromatic rings. The molecule has 1 aliphatic rings. The molecule has 2 heterocycles. The number of rotatable bonds is 3. The third kappa shape index (κ3) is 3.24. The molecular formula is C16H18BClFN3O2. The van der Waals surface area contributed by atoms with Crippen molar-refractivity contribution in [2.45, 2.75) is 38.9 Å². The Morgan fingerprint density at radius 2 is 1.92 bits per heavy atom. The van der Waals surface area contributed by atoms with Gasteiger partial charge in [-0.1, -0.05) is 22.9 Å². The lowest BCUT2D eigenvalue weighted by molar-refractivity contribution is 0.00578. The zero-order chi connectivity index (χ0) is 17.5. The van der Waals surface area contributed by atoms with Crippen molar-refractivity contribution in [2.75, 3.05) is 0 Å². The highest BCUT2D eigenvalue weighted by Crippen LogP contribution is 2.38. The van der Waals surface area contributed by atoms with E-state index >= 15 is 0 Å². The van der Waals surface area contributed by atoms with Gasteiger partial charge in [0.2, 0.25) is 0 Å². The minimum atomic E-state index is -1.05. The minimum Gasteiger partial charge on any atom is -0.398 e. The van der Waals surface area contributed by atoms with Crippen LogP contribution in [0.15, 0.2) is 36.2 Å². The molecule has 1 aromatic heterocycles. The molecule has 0 saturated carbocycles. The molecule has 1 saturated heterocycles. The predicted octanol–water partition coefficient (Wildman–Crippen LogP) is 3.86. The monoisotopic (exact) mass is 349 g/mol. The Morgan fingerprint density at radius 1 is 1.25 bits per heavy atom. The third-order valence-corrected chi connectivity index (χ3v) is 4.58. The maximum Gasteiger partial charge on any atom is 0.525 e. The fourth-order valence-corrected chi connectivity index (χ4v) is 2.44. The molecule has 0 aliphatic carbocycles. The number of aromatic nitrogens is 3. The van der Waals surface area contributed by atoms with Crippen LogP contribution in [0.4, 0.5) is 4.39 Å². The summed E-state index contributed by atoms with van der Waals surface area (Å²) in [4.78, 5) is 0. The highest BCUT2D eigenvalue weighted by atomic mass is 35.5. The highest BCUT2D eigenvalue weighted by Gasteiger charge is 2.53. The summed E-state index contributed by atoms with van der Waals surface area (Å²) in [7, 11) is -1.05. The molecule has 1 aliphatic heterocycles. The van der Waals surface area contributed by atoms with Crippen molar-refractivity contribution in [3.05, 3.63) is 46.9 Å². The molecule has 8 heteroatoms. The lowest BCUT2D eigenvalue weighted by atomic mass is 9.87. The lowest BCUT2D eigenvalue weighted by Gasteiger charge is -2.32. The predicted molar refractivity (Wildman–Crippen MR) is 91.5 cm³/mol. The first kappa shape index (κ1) is 17.1. The first-order valence-electron chi connectivity index (χ1n) is 7.59. The van der Waals surface area contributed by atoms with Crippen molar-refractivity contribution in [3.8, 4) is 5.69 Å². The summed E-state index contributed by atoms with van der Waals surface area (Å²) in [5.74, 6) is 0. The Morgan fingerprint density at radius 3 is 2.54 bits per heavy atom. The fraction of sp³-hybridized carbons (Fsp3) is 0.375. The largest absolute Gasteiger partial charge is 0.525 e. The van der Waals surface area contributed by atoms with Crippen LogP contribution < -0.4 is 0 Å². The first-order chi connectivity index (χ1) is 11.2. The molecule has 3 rings (SSSR count). The second-order valence-corrected chi connectivity index (χ2v) is 7.12. The van der Waals surface area contributed by atoms with Gasteiger partial charge < -0.3 is 9.31 Å². The summed E-state index contributed by atoms with van der Waals surface area (Å²) < 4.78 is 27.3. The van der Waals surface area contributed by atoms with Crippen LogP contribution in [0.2, 0.25) is 5.02 Å². The van der Waals surface area contributed by atoms with Crippen molar-refractivity contribution < 1.29 is 13.7 Å². The standard InChI is InChI=1S/C16H18BClFN3O2/c1-15(2)16(3,4)24-17(23-15)14(19)9-12-10-22(21-20-12)13-7-5-6-11(18)8-13/h5-10H,1-4H3. The van der Waals surface area contributed by atoms with Gasteiger partial charge in [0, 0.05) is 5.02 Å². The van der Waals surface area contributed by atoms with E-state index in [1.54, 1.807) is 24.4 Å². The van der Waals surface area contributed by atoms with Crippen molar-refractivity contribution >= 4 is 24.8 Å². The SMILES string of the molecule is CC1(C)OB(C(F)=Cc2cn(-c3cccc(Cl)c3)nn2)OC1(C)C. The lowest BCUT2D eigenvalue weighted by Crippen LogP contribution is -2.41. The van der Waals surface area contributed by atoms with Crippen LogP contribution >= 0.6 is 11.6 Å². The van der Waals surface area contributed by atoms with Gasteiger partial charge in [-0.3, -0.25) is 0 Å². The van der Waals surface area contributed by atoms with E-state index in [-0.39, 0.29) is 0 Å². The second kappa shape index (κ2) is 5.99. The summed E-state index contributed by atoms with van der Waals surface area (Å²) >= 11 is 5.96. The van der Waals surface area contributed by atoms with E-state index < -0.39 is 24.0 Å². The van der Waals surface area contributed by atoms with E-state index in [9.17, 15) is 4.39 Å². The normalized spacial score (nSPS) is 19.8. The Labute approximate surface area is 145 Å². The number of hydrogen-bond acceptors (Lipinski definition) is 4. The zero-order valence-corrected chi connectivity index (χ0v) is 14.7. The Kier molecular flexibility index (Phi) is 4.27. The molecule has 126 valence electrons. The van der Waals surface area contributed by atoms with Crippen molar-refractivity contribution in [1.82, 2.24) is 15.0 Å². The molecule has 0 unspecified atom stereocenters.